The van der Waals surface area contributed by atoms with Crippen molar-refractivity contribution < 1.29 is 4.79 Å². The Labute approximate surface area is 138 Å². The van der Waals surface area contributed by atoms with Crippen LogP contribution in [0.25, 0.3) is 0 Å². The van der Waals surface area contributed by atoms with Crippen LogP contribution in [0.1, 0.15) is 17.0 Å². The number of hydrogen-bond donors (Lipinski definition) is 2. The van der Waals surface area contributed by atoms with E-state index in [1.54, 1.807) is 30.3 Å². The van der Waals surface area contributed by atoms with Crippen molar-refractivity contribution in [1.82, 2.24) is 0 Å². The topological polar surface area (TPSA) is 81.5 Å². The van der Waals surface area contributed by atoms with Crippen LogP contribution in [0.2, 0.25) is 10.0 Å². The predicted octanol–water partition coefficient (Wildman–Crippen LogP) is 3.12. The van der Waals surface area contributed by atoms with Crippen molar-refractivity contribution in [1.29, 1.82) is 0 Å². The standard InChI is InChI=1S/C16H15Cl2N3O/c17-12-6-4-10(5-7-12)8-14(15(22)21-16(19)20)11-2-1-3-13(18)9-11/h1-7,9,14H,8H2,(H4,19,20,21,22)/t14-/m0/s1. The number of carbonyl (C=O) groups excluding carboxylic acids is 1. The first-order valence-electron chi connectivity index (χ1n) is 6.59. The molecule has 2 aromatic carbocycles. The van der Waals surface area contributed by atoms with Gasteiger partial charge in [0.05, 0.1) is 5.92 Å². The zero-order chi connectivity index (χ0) is 16.1. The van der Waals surface area contributed by atoms with Gasteiger partial charge in [-0.25, -0.2) is 0 Å². The molecule has 4 N–H and O–H groups in total. The number of amides is 1. The fourth-order valence-corrected chi connectivity index (χ4v) is 2.46. The number of rotatable bonds is 4. The highest BCUT2D eigenvalue weighted by molar-refractivity contribution is 6.30. The smallest absolute Gasteiger partial charge is 0.256 e. The second-order valence-corrected chi connectivity index (χ2v) is 5.69. The summed E-state index contributed by atoms with van der Waals surface area (Å²) in [7, 11) is 0. The first kappa shape index (κ1) is 16.3. The number of carbonyl (C=O) groups is 1. The summed E-state index contributed by atoms with van der Waals surface area (Å²) in [6.45, 7) is 0. The Morgan fingerprint density at radius 1 is 1.05 bits per heavy atom. The van der Waals surface area contributed by atoms with Gasteiger partial charge in [0.15, 0.2) is 5.96 Å². The Kier molecular flexibility index (Phi) is 5.41. The molecule has 0 unspecified atom stereocenters. The van der Waals surface area contributed by atoms with Crippen molar-refractivity contribution in [2.24, 2.45) is 16.5 Å². The Bertz CT molecular complexity index is 695. The predicted molar refractivity (Wildman–Crippen MR) is 90.2 cm³/mol. The van der Waals surface area contributed by atoms with Gasteiger partial charge in [-0.05, 0) is 41.8 Å². The molecule has 0 aromatic heterocycles. The Morgan fingerprint density at radius 2 is 1.73 bits per heavy atom. The number of halogens is 2. The van der Waals surface area contributed by atoms with E-state index in [-0.39, 0.29) is 5.96 Å². The SMILES string of the molecule is NC(N)=NC(=O)[C@@H](Cc1ccc(Cl)cc1)c1cccc(Cl)c1. The fraction of sp³-hybridized carbons (Fsp3) is 0.125. The minimum atomic E-state index is -0.512. The molecule has 0 aliphatic carbocycles. The van der Waals surface area contributed by atoms with Crippen LogP contribution in [0.5, 0.6) is 0 Å². The van der Waals surface area contributed by atoms with Crippen LogP contribution in [-0.2, 0) is 11.2 Å². The number of guanidine groups is 1. The quantitative estimate of drug-likeness (QED) is 0.665. The second kappa shape index (κ2) is 7.29. The molecule has 6 heteroatoms. The first-order valence-corrected chi connectivity index (χ1v) is 7.34. The normalized spacial score (nSPS) is 11.7. The molecule has 0 radical (unpaired) electrons. The molecule has 1 amide bonds. The van der Waals surface area contributed by atoms with Crippen molar-refractivity contribution in [2.45, 2.75) is 12.3 Å². The van der Waals surface area contributed by atoms with Crippen LogP contribution in [0.15, 0.2) is 53.5 Å². The summed E-state index contributed by atoms with van der Waals surface area (Å²) in [6, 6.07) is 14.4. The molecule has 0 spiro atoms. The van der Waals surface area contributed by atoms with Crippen molar-refractivity contribution >= 4 is 35.1 Å². The molecule has 2 rings (SSSR count). The van der Waals surface area contributed by atoms with E-state index in [1.807, 2.05) is 18.2 Å². The van der Waals surface area contributed by atoms with E-state index in [4.69, 9.17) is 34.7 Å². The zero-order valence-electron chi connectivity index (χ0n) is 11.7. The molecule has 0 bridgehead atoms. The van der Waals surface area contributed by atoms with E-state index in [2.05, 4.69) is 4.99 Å². The summed E-state index contributed by atoms with van der Waals surface area (Å²) in [4.78, 5) is 16.0. The van der Waals surface area contributed by atoms with Gasteiger partial charge in [0.2, 0.25) is 0 Å². The van der Waals surface area contributed by atoms with Crippen molar-refractivity contribution in [3.05, 3.63) is 69.7 Å². The highest BCUT2D eigenvalue weighted by Crippen LogP contribution is 2.25. The molecule has 1 atom stereocenters. The molecule has 0 aliphatic rings. The van der Waals surface area contributed by atoms with Gasteiger partial charge in [-0.15, -0.1) is 0 Å². The summed E-state index contributed by atoms with van der Waals surface area (Å²) in [5, 5.41) is 1.19. The highest BCUT2D eigenvalue weighted by Gasteiger charge is 2.21. The lowest BCUT2D eigenvalue weighted by molar-refractivity contribution is -0.119. The molecule has 0 saturated carbocycles. The van der Waals surface area contributed by atoms with E-state index in [1.165, 1.54) is 0 Å². The van der Waals surface area contributed by atoms with Crippen LogP contribution in [0, 0.1) is 0 Å². The minimum absolute atomic E-state index is 0.256. The minimum Gasteiger partial charge on any atom is -0.370 e. The van der Waals surface area contributed by atoms with E-state index in [0.717, 1.165) is 11.1 Å². The number of nitrogens with zero attached hydrogens (tertiary/aromatic N) is 1. The van der Waals surface area contributed by atoms with Crippen LogP contribution >= 0.6 is 23.2 Å². The van der Waals surface area contributed by atoms with Crippen LogP contribution in [-0.4, -0.2) is 11.9 Å². The summed E-state index contributed by atoms with van der Waals surface area (Å²) >= 11 is 11.9. The van der Waals surface area contributed by atoms with E-state index in [0.29, 0.717) is 16.5 Å². The lowest BCUT2D eigenvalue weighted by Gasteiger charge is -2.14. The van der Waals surface area contributed by atoms with Crippen LogP contribution in [0.4, 0.5) is 0 Å². The molecule has 4 nitrogen and oxygen atoms in total. The van der Waals surface area contributed by atoms with Crippen LogP contribution < -0.4 is 11.5 Å². The van der Waals surface area contributed by atoms with Crippen molar-refractivity contribution in [3.63, 3.8) is 0 Å². The Hall–Kier alpha value is -2.04. The summed E-state index contributed by atoms with van der Waals surface area (Å²) in [5.74, 6) is -1.17. The molecular formula is C16H15Cl2N3O. The molecule has 0 aliphatic heterocycles. The lowest BCUT2D eigenvalue weighted by Crippen LogP contribution is -2.26. The highest BCUT2D eigenvalue weighted by atomic mass is 35.5. The van der Waals surface area contributed by atoms with E-state index < -0.39 is 11.8 Å². The number of aliphatic imine (C=N–C) groups is 1. The van der Waals surface area contributed by atoms with Gasteiger partial charge in [-0.2, -0.15) is 4.99 Å². The maximum atomic E-state index is 12.3. The van der Waals surface area contributed by atoms with Gasteiger partial charge < -0.3 is 11.5 Å². The summed E-state index contributed by atoms with van der Waals surface area (Å²) in [5.41, 5.74) is 12.3. The molecule has 22 heavy (non-hydrogen) atoms. The van der Waals surface area contributed by atoms with Gasteiger partial charge in [0.25, 0.3) is 5.91 Å². The van der Waals surface area contributed by atoms with E-state index in [9.17, 15) is 4.79 Å². The maximum absolute atomic E-state index is 12.3. The third kappa shape index (κ3) is 4.48. The first-order chi connectivity index (χ1) is 10.5. The number of hydrogen-bond acceptors (Lipinski definition) is 1. The summed E-state index contributed by atoms with van der Waals surface area (Å²) in [6.07, 6.45) is 0.452. The largest absolute Gasteiger partial charge is 0.370 e. The third-order valence-electron chi connectivity index (χ3n) is 3.14. The Morgan fingerprint density at radius 3 is 2.32 bits per heavy atom. The van der Waals surface area contributed by atoms with E-state index >= 15 is 0 Å². The average Bonchev–Trinajstić information content (AvgIpc) is 2.45. The van der Waals surface area contributed by atoms with Gasteiger partial charge in [-0.3, -0.25) is 4.79 Å². The maximum Gasteiger partial charge on any atom is 0.256 e. The third-order valence-corrected chi connectivity index (χ3v) is 3.63. The number of nitrogens with two attached hydrogens (primary N) is 2. The molecule has 114 valence electrons. The molecular weight excluding hydrogens is 321 g/mol. The van der Waals surface area contributed by atoms with Crippen molar-refractivity contribution in [2.75, 3.05) is 0 Å². The van der Waals surface area contributed by atoms with Gasteiger partial charge in [0.1, 0.15) is 0 Å². The summed E-state index contributed by atoms with van der Waals surface area (Å²) < 4.78 is 0. The number of benzene rings is 2. The van der Waals surface area contributed by atoms with Gasteiger partial charge in [-0.1, -0.05) is 47.5 Å². The molecule has 0 fully saturated rings. The molecule has 0 heterocycles. The monoisotopic (exact) mass is 335 g/mol. The second-order valence-electron chi connectivity index (χ2n) is 4.81. The average molecular weight is 336 g/mol. The van der Waals surface area contributed by atoms with Gasteiger partial charge in [0, 0.05) is 10.0 Å². The Balaban J connectivity index is 2.35. The molecule has 2 aromatic rings. The van der Waals surface area contributed by atoms with Crippen molar-refractivity contribution in [3.8, 4) is 0 Å². The lowest BCUT2D eigenvalue weighted by atomic mass is 9.91. The van der Waals surface area contributed by atoms with Gasteiger partial charge >= 0.3 is 0 Å². The van der Waals surface area contributed by atoms with Crippen LogP contribution in [0.3, 0.4) is 0 Å². The zero-order valence-corrected chi connectivity index (χ0v) is 13.2. The fourth-order valence-electron chi connectivity index (χ4n) is 2.13. The molecule has 0 saturated heterocycles.